The molecule has 1 fully saturated rings. The topological polar surface area (TPSA) is 29.5 Å². The van der Waals surface area contributed by atoms with E-state index in [0.717, 1.165) is 18.6 Å². The second-order valence-corrected chi connectivity index (χ2v) is 4.65. The van der Waals surface area contributed by atoms with Crippen molar-refractivity contribution in [2.75, 3.05) is 18.1 Å². The molecule has 3 nitrogen and oxygen atoms in total. The first-order valence-corrected chi connectivity index (χ1v) is 6.54. The van der Waals surface area contributed by atoms with Crippen molar-refractivity contribution in [1.82, 2.24) is 0 Å². The number of rotatable bonds is 3. The highest BCUT2D eigenvalue weighted by atomic mass is 19.4. The lowest BCUT2D eigenvalue weighted by Crippen LogP contribution is -2.37. The maximum Gasteiger partial charge on any atom is 0.416 e. The fraction of sp³-hybridized carbons (Fsp3) is 0.500. The summed E-state index contributed by atoms with van der Waals surface area (Å²) in [6.45, 7) is 2.68. The Hall–Kier alpha value is -1.72. The first-order chi connectivity index (χ1) is 9.43. The highest BCUT2D eigenvalue weighted by Crippen LogP contribution is 2.32. The molecule has 0 bridgehead atoms. The van der Waals surface area contributed by atoms with Crippen molar-refractivity contribution in [3.63, 3.8) is 0 Å². The Morgan fingerprint density at radius 1 is 1.35 bits per heavy atom. The van der Waals surface area contributed by atoms with Crippen LogP contribution in [0.15, 0.2) is 24.3 Å². The number of anilines is 1. The number of nitrogens with zero attached hydrogens (tertiary/aromatic N) is 1. The van der Waals surface area contributed by atoms with Gasteiger partial charge in [-0.25, -0.2) is 4.79 Å². The average Bonchev–Trinajstić information content (AvgIpc) is 2.87. The van der Waals surface area contributed by atoms with Crippen LogP contribution in [0.4, 0.5) is 18.9 Å². The molecule has 0 N–H and O–H groups in total. The van der Waals surface area contributed by atoms with Crippen LogP contribution in [-0.4, -0.2) is 25.2 Å². The van der Waals surface area contributed by atoms with Gasteiger partial charge in [0.1, 0.15) is 6.04 Å². The predicted octanol–water partition coefficient (Wildman–Crippen LogP) is 3.24. The van der Waals surface area contributed by atoms with Crippen LogP contribution in [-0.2, 0) is 15.7 Å². The summed E-state index contributed by atoms with van der Waals surface area (Å²) in [6, 6.07) is 4.48. The van der Waals surface area contributed by atoms with Gasteiger partial charge in [0.2, 0.25) is 0 Å². The molecule has 1 unspecified atom stereocenters. The molecule has 110 valence electrons. The number of benzene rings is 1. The molecule has 0 aliphatic carbocycles. The number of hydrogen-bond acceptors (Lipinski definition) is 3. The molecule has 2 rings (SSSR count). The largest absolute Gasteiger partial charge is 0.464 e. The molecule has 6 heteroatoms. The summed E-state index contributed by atoms with van der Waals surface area (Å²) in [6.07, 6.45) is -2.85. The Bertz CT molecular complexity index is 470. The smallest absolute Gasteiger partial charge is 0.416 e. The van der Waals surface area contributed by atoms with E-state index in [2.05, 4.69) is 0 Å². The van der Waals surface area contributed by atoms with Crippen LogP contribution in [0.5, 0.6) is 0 Å². The third-order valence-corrected chi connectivity index (χ3v) is 3.34. The molecule has 20 heavy (non-hydrogen) atoms. The lowest BCUT2D eigenvalue weighted by molar-refractivity contribution is -0.144. The molecule has 1 saturated heterocycles. The lowest BCUT2D eigenvalue weighted by Gasteiger charge is -2.25. The van der Waals surface area contributed by atoms with E-state index < -0.39 is 17.8 Å². The van der Waals surface area contributed by atoms with Crippen LogP contribution >= 0.6 is 0 Å². The van der Waals surface area contributed by atoms with Gasteiger partial charge in [-0.2, -0.15) is 13.2 Å². The van der Waals surface area contributed by atoms with Crippen LogP contribution in [0, 0.1) is 0 Å². The number of hydrogen-bond donors (Lipinski definition) is 0. The van der Waals surface area contributed by atoms with Gasteiger partial charge in [-0.15, -0.1) is 0 Å². The Morgan fingerprint density at radius 3 is 2.55 bits per heavy atom. The normalized spacial score (nSPS) is 19.2. The average molecular weight is 287 g/mol. The van der Waals surface area contributed by atoms with Crippen LogP contribution in [0.1, 0.15) is 25.3 Å². The molecule has 1 atom stereocenters. The minimum Gasteiger partial charge on any atom is -0.464 e. The van der Waals surface area contributed by atoms with Crippen molar-refractivity contribution < 1.29 is 22.7 Å². The Balaban J connectivity index is 2.16. The Kier molecular flexibility index (Phi) is 4.20. The summed E-state index contributed by atoms with van der Waals surface area (Å²) in [5, 5.41) is 0. The van der Waals surface area contributed by atoms with Crippen LogP contribution in [0.2, 0.25) is 0 Å². The monoisotopic (exact) mass is 287 g/mol. The number of esters is 1. The van der Waals surface area contributed by atoms with Crippen molar-refractivity contribution in [2.24, 2.45) is 0 Å². The summed E-state index contributed by atoms with van der Waals surface area (Å²) in [4.78, 5) is 13.6. The Morgan fingerprint density at radius 2 is 2.00 bits per heavy atom. The van der Waals surface area contributed by atoms with E-state index in [-0.39, 0.29) is 5.97 Å². The third-order valence-electron chi connectivity index (χ3n) is 3.34. The molecule has 0 spiro atoms. The molecule has 0 saturated carbocycles. The van der Waals surface area contributed by atoms with Gasteiger partial charge >= 0.3 is 12.1 Å². The van der Waals surface area contributed by atoms with Gasteiger partial charge in [-0.1, -0.05) is 0 Å². The number of alkyl halides is 3. The van der Waals surface area contributed by atoms with Gasteiger partial charge in [0.25, 0.3) is 0 Å². The number of carbonyl (C=O) groups excluding carboxylic acids is 1. The Labute approximate surface area is 115 Å². The van der Waals surface area contributed by atoms with E-state index in [9.17, 15) is 18.0 Å². The summed E-state index contributed by atoms with van der Waals surface area (Å²) in [5.74, 6) is -0.315. The summed E-state index contributed by atoms with van der Waals surface area (Å²) in [5.41, 5.74) is -0.0679. The van der Waals surface area contributed by atoms with Gasteiger partial charge < -0.3 is 9.64 Å². The highest BCUT2D eigenvalue weighted by molar-refractivity contribution is 5.80. The van der Waals surface area contributed by atoms with Crippen molar-refractivity contribution in [2.45, 2.75) is 32.0 Å². The van der Waals surface area contributed by atoms with Gasteiger partial charge in [0, 0.05) is 12.2 Å². The summed E-state index contributed by atoms with van der Waals surface area (Å²) < 4.78 is 42.5. The van der Waals surface area contributed by atoms with Crippen molar-refractivity contribution >= 4 is 11.7 Å². The lowest BCUT2D eigenvalue weighted by atomic mass is 10.1. The fourth-order valence-corrected chi connectivity index (χ4v) is 2.40. The second kappa shape index (κ2) is 5.73. The van der Waals surface area contributed by atoms with Gasteiger partial charge in [-0.3, -0.25) is 0 Å². The van der Waals surface area contributed by atoms with Crippen LogP contribution < -0.4 is 4.90 Å². The van der Waals surface area contributed by atoms with Gasteiger partial charge in [-0.05, 0) is 44.0 Å². The van der Waals surface area contributed by atoms with E-state index in [1.165, 1.54) is 12.1 Å². The van der Waals surface area contributed by atoms with E-state index in [1.54, 1.807) is 11.8 Å². The zero-order valence-corrected chi connectivity index (χ0v) is 11.1. The minimum absolute atomic E-state index is 0.302. The molecule has 0 aromatic heterocycles. The molecule has 1 aliphatic rings. The van der Waals surface area contributed by atoms with Gasteiger partial charge in [0.05, 0.1) is 12.2 Å². The van der Waals surface area contributed by atoms with Crippen molar-refractivity contribution in [3.05, 3.63) is 29.8 Å². The third kappa shape index (κ3) is 3.05. The molecule has 0 amide bonds. The van der Waals surface area contributed by atoms with Crippen LogP contribution in [0.3, 0.4) is 0 Å². The second-order valence-electron chi connectivity index (χ2n) is 4.65. The number of ether oxygens (including phenoxy) is 1. The summed E-state index contributed by atoms with van der Waals surface area (Å²) in [7, 11) is 0. The molecule has 0 radical (unpaired) electrons. The predicted molar refractivity (Wildman–Crippen MR) is 68.4 cm³/mol. The zero-order valence-electron chi connectivity index (χ0n) is 11.1. The molecule has 1 aliphatic heterocycles. The molecule has 1 aromatic rings. The van der Waals surface area contributed by atoms with E-state index in [0.29, 0.717) is 25.3 Å². The van der Waals surface area contributed by atoms with E-state index in [1.807, 2.05) is 0 Å². The first-order valence-electron chi connectivity index (χ1n) is 6.54. The highest BCUT2D eigenvalue weighted by Gasteiger charge is 2.33. The molecule has 1 aromatic carbocycles. The van der Waals surface area contributed by atoms with E-state index in [4.69, 9.17) is 4.74 Å². The van der Waals surface area contributed by atoms with Gasteiger partial charge in [0.15, 0.2) is 0 Å². The molecular weight excluding hydrogens is 271 g/mol. The van der Waals surface area contributed by atoms with E-state index >= 15 is 0 Å². The zero-order chi connectivity index (χ0) is 14.8. The number of carbonyl (C=O) groups is 1. The van der Waals surface area contributed by atoms with Crippen molar-refractivity contribution in [3.8, 4) is 0 Å². The molecular formula is C14H16F3NO2. The number of halogens is 3. The minimum atomic E-state index is -4.34. The van der Waals surface area contributed by atoms with Crippen molar-refractivity contribution in [1.29, 1.82) is 0 Å². The maximum atomic E-state index is 12.5. The standard InChI is InChI=1S/C14H16F3NO2/c1-2-20-13(19)12-4-3-9-18(12)11-7-5-10(6-8-11)14(15,16)17/h5-8,12H,2-4,9H2,1H3. The maximum absolute atomic E-state index is 12.5. The first kappa shape index (κ1) is 14.7. The quantitative estimate of drug-likeness (QED) is 0.799. The SMILES string of the molecule is CCOC(=O)C1CCCN1c1ccc(C(F)(F)F)cc1. The fourth-order valence-electron chi connectivity index (χ4n) is 2.40. The summed E-state index contributed by atoms with van der Waals surface area (Å²) >= 11 is 0. The van der Waals surface area contributed by atoms with Crippen LogP contribution in [0.25, 0.3) is 0 Å². The molecule has 1 heterocycles.